The van der Waals surface area contributed by atoms with Crippen molar-refractivity contribution in [1.82, 2.24) is 4.98 Å². The standard InChI is InChI=1S/C19H20N2O2/c22-19(17-12-16-5-6-18(17)23-16)21-15-3-1-13(2-4-15)11-14-7-9-20-10-8-14/h1-4,7-10,16-18H,5-6,11-12H2,(H,21,22). The molecule has 0 radical (unpaired) electrons. The first-order chi connectivity index (χ1) is 11.3. The lowest BCUT2D eigenvalue weighted by Crippen LogP contribution is -2.30. The Kier molecular flexibility index (Phi) is 3.83. The molecule has 2 aliphatic rings. The molecule has 1 aromatic carbocycles. The normalized spacial score (nSPS) is 25.5. The van der Waals surface area contributed by atoms with Crippen molar-refractivity contribution in [3.8, 4) is 0 Å². The summed E-state index contributed by atoms with van der Waals surface area (Å²) < 4.78 is 5.76. The number of hydrogen-bond acceptors (Lipinski definition) is 3. The molecule has 23 heavy (non-hydrogen) atoms. The number of pyridine rings is 1. The van der Waals surface area contributed by atoms with Gasteiger partial charge in [0.15, 0.2) is 0 Å². The summed E-state index contributed by atoms with van der Waals surface area (Å²) >= 11 is 0. The highest BCUT2D eigenvalue weighted by Crippen LogP contribution is 2.39. The van der Waals surface area contributed by atoms with Gasteiger partial charge in [0.05, 0.1) is 18.1 Å². The van der Waals surface area contributed by atoms with Crippen molar-refractivity contribution in [2.24, 2.45) is 5.92 Å². The maximum absolute atomic E-state index is 12.4. The van der Waals surface area contributed by atoms with E-state index in [9.17, 15) is 4.79 Å². The second kappa shape index (κ2) is 6.13. The van der Waals surface area contributed by atoms with Gasteiger partial charge in [0.25, 0.3) is 0 Å². The Morgan fingerprint density at radius 2 is 1.83 bits per heavy atom. The molecule has 1 aromatic heterocycles. The highest BCUT2D eigenvalue weighted by atomic mass is 16.5. The second-order valence-electron chi connectivity index (χ2n) is 6.43. The molecule has 2 bridgehead atoms. The SMILES string of the molecule is O=C(Nc1ccc(Cc2ccncc2)cc1)C1CC2CCC1O2. The number of anilines is 1. The van der Waals surface area contributed by atoms with Crippen LogP contribution in [0.4, 0.5) is 5.69 Å². The number of benzene rings is 1. The first kappa shape index (κ1) is 14.4. The van der Waals surface area contributed by atoms with Crippen LogP contribution in [0.3, 0.4) is 0 Å². The number of aromatic nitrogens is 1. The van der Waals surface area contributed by atoms with E-state index in [1.807, 2.05) is 24.3 Å². The number of carbonyl (C=O) groups excluding carboxylic acids is 1. The number of fused-ring (bicyclic) bond motifs is 2. The maximum atomic E-state index is 12.4. The summed E-state index contributed by atoms with van der Waals surface area (Å²) in [7, 11) is 0. The van der Waals surface area contributed by atoms with Gasteiger partial charge in [-0.05, 0) is 61.1 Å². The van der Waals surface area contributed by atoms with E-state index >= 15 is 0 Å². The van der Waals surface area contributed by atoms with Crippen molar-refractivity contribution in [1.29, 1.82) is 0 Å². The number of carbonyl (C=O) groups is 1. The molecule has 2 aromatic rings. The third kappa shape index (κ3) is 3.13. The topological polar surface area (TPSA) is 51.2 Å². The van der Waals surface area contributed by atoms with Crippen LogP contribution in [0.15, 0.2) is 48.8 Å². The molecule has 2 fully saturated rings. The van der Waals surface area contributed by atoms with Gasteiger partial charge >= 0.3 is 0 Å². The zero-order chi connectivity index (χ0) is 15.6. The van der Waals surface area contributed by atoms with Crippen LogP contribution in [0.5, 0.6) is 0 Å². The number of nitrogens with zero attached hydrogens (tertiary/aromatic N) is 1. The smallest absolute Gasteiger partial charge is 0.230 e. The van der Waals surface area contributed by atoms with E-state index in [0.717, 1.165) is 31.4 Å². The minimum absolute atomic E-state index is 0.0187. The van der Waals surface area contributed by atoms with Crippen molar-refractivity contribution in [3.63, 3.8) is 0 Å². The van der Waals surface area contributed by atoms with Gasteiger partial charge in [-0.3, -0.25) is 9.78 Å². The molecule has 4 rings (SSSR count). The zero-order valence-electron chi connectivity index (χ0n) is 12.9. The Morgan fingerprint density at radius 3 is 2.48 bits per heavy atom. The Bertz CT molecular complexity index is 684. The van der Waals surface area contributed by atoms with Crippen molar-refractivity contribution in [3.05, 3.63) is 59.9 Å². The van der Waals surface area contributed by atoms with E-state index in [2.05, 4.69) is 22.4 Å². The molecular formula is C19H20N2O2. The second-order valence-corrected chi connectivity index (χ2v) is 6.43. The molecule has 1 N–H and O–H groups in total. The van der Waals surface area contributed by atoms with Crippen molar-refractivity contribution in [2.45, 2.75) is 37.9 Å². The van der Waals surface area contributed by atoms with E-state index in [-0.39, 0.29) is 17.9 Å². The molecule has 4 nitrogen and oxygen atoms in total. The molecular weight excluding hydrogens is 288 g/mol. The summed E-state index contributed by atoms with van der Waals surface area (Å²) in [5, 5.41) is 3.03. The Hall–Kier alpha value is -2.20. The fourth-order valence-electron chi connectivity index (χ4n) is 3.59. The molecule has 1 amide bonds. The molecule has 118 valence electrons. The monoisotopic (exact) mass is 308 g/mol. The minimum atomic E-state index is 0.0187. The van der Waals surface area contributed by atoms with E-state index < -0.39 is 0 Å². The van der Waals surface area contributed by atoms with Crippen molar-refractivity contribution < 1.29 is 9.53 Å². The summed E-state index contributed by atoms with van der Waals surface area (Å²) in [5.41, 5.74) is 3.31. The number of ether oxygens (including phenoxy) is 1. The third-order valence-corrected chi connectivity index (χ3v) is 4.82. The maximum Gasteiger partial charge on any atom is 0.230 e. The number of rotatable bonds is 4. The van der Waals surface area contributed by atoms with Gasteiger partial charge in [-0.1, -0.05) is 12.1 Å². The number of amides is 1. The lowest BCUT2D eigenvalue weighted by Gasteiger charge is -2.18. The number of nitrogens with one attached hydrogen (secondary N) is 1. The quantitative estimate of drug-likeness (QED) is 0.944. The molecule has 0 spiro atoms. The van der Waals surface area contributed by atoms with Gasteiger partial charge in [-0.25, -0.2) is 0 Å². The van der Waals surface area contributed by atoms with Crippen LogP contribution in [-0.2, 0) is 16.0 Å². The van der Waals surface area contributed by atoms with E-state index in [1.165, 1.54) is 11.1 Å². The van der Waals surface area contributed by atoms with Crippen LogP contribution >= 0.6 is 0 Å². The van der Waals surface area contributed by atoms with Crippen LogP contribution in [0.1, 0.15) is 30.4 Å². The van der Waals surface area contributed by atoms with Gasteiger partial charge in [0, 0.05) is 18.1 Å². The fraction of sp³-hybridized carbons (Fsp3) is 0.368. The van der Waals surface area contributed by atoms with Crippen molar-refractivity contribution >= 4 is 11.6 Å². The summed E-state index contributed by atoms with van der Waals surface area (Å²) in [4.78, 5) is 16.4. The summed E-state index contributed by atoms with van der Waals surface area (Å²) in [6.07, 6.45) is 7.92. The van der Waals surface area contributed by atoms with E-state index in [4.69, 9.17) is 4.74 Å². The average Bonchev–Trinajstić information content (AvgIpc) is 3.21. The molecule has 0 saturated carbocycles. The van der Waals surface area contributed by atoms with Gasteiger partial charge < -0.3 is 10.1 Å². The number of hydrogen-bond donors (Lipinski definition) is 1. The Morgan fingerprint density at radius 1 is 1.09 bits per heavy atom. The van der Waals surface area contributed by atoms with Crippen molar-refractivity contribution in [2.75, 3.05) is 5.32 Å². The van der Waals surface area contributed by atoms with Crippen LogP contribution in [-0.4, -0.2) is 23.1 Å². The molecule has 0 aliphatic carbocycles. The van der Waals surface area contributed by atoms with E-state index in [1.54, 1.807) is 12.4 Å². The van der Waals surface area contributed by atoms with Gasteiger partial charge in [0.2, 0.25) is 5.91 Å². The predicted octanol–water partition coefficient (Wildman–Crippen LogP) is 3.18. The fourth-order valence-corrected chi connectivity index (χ4v) is 3.59. The molecule has 3 unspecified atom stereocenters. The first-order valence-corrected chi connectivity index (χ1v) is 8.22. The minimum Gasteiger partial charge on any atom is -0.374 e. The predicted molar refractivity (Wildman–Crippen MR) is 88.1 cm³/mol. The van der Waals surface area contributed by atoms with Crippen LogP contribution in [0, 0.1) is 5.92 Å². The van der Waals surface area contributed by atoms with Gasteiger partial charge in [0.1, 0.15) is 0 Å². The third-order valence-electron chi connectivity index (χ3n) is 4.82. The highest BCUT2D eigenvalue weighted by Gasteiger charge is 2.44. The molecule has 4 heteroatoms. The Balaban J connectivity index is 1.37. The molecule has 2 aliphatic heterocycles. The zero-order valence-corrected chi connectivity index (χ0v) is 12.9. The molecule has 3 heterocycles. The summed E-state index contributed by atoms with van der Waals surface area (Å²) in [6.45, 7) is 0. The van der Waals surface area contributed by atoms with Crippen LogP contribution in [0.2, 0.25) is 0 Å². The lowest BCUT2D eigenvalue weighted by atomic mass is 9.88. The highest BCUT2D eigenvalue weighted by molar-refractivity contribution is 5.93. The van der Waals surface area contributed by atoms with Crippen LogP contribution < -0.4 is 5.32 Å². The summed E-state index contributed by atoms with van der Waals surface area (Å²) in [5.74, 6) is 0.115. The molecule has 3 atom stereocenters. The van der Waals surface area contributed by atoms with Gasteiger partial charge in [-0.2, -0.15) is 0 Å². The van der Waals surface area contributed by atoms with Gasteiger partial charge in [-0.15, -0.1) is 0 Å². The Labute approximate surface area is 135 Å². The summed E-state index contributed by atoms with van der Waals surface area (Å²) in [6, 6.07) is 12.1. The first-order valence-electron chi connectivity index (χ1n) is 8.22. The van der Waals surface area contributed by atoms with Crippen LogP contribution in [0.25, 0.3) is 0 Å². The largest absolute Gasteiger partial charge is 0.374 e. The molecule has 2 saturated heterocycles. The van der Waals surface area contributed by atoms with E-state index in [0.29, 0.717) is 6.10 Å². The lowest BCUT2D eigenvalue weighted by molar-refractivity contribution is -0.121. The average molecular weight is 308 g/mol.